The Balaban J connectivity index is 2.20. The third kappa shape index (κ3) is 3.68. The molecule has 1 aromatic carbocycles. The van der Waals surface area contributed by atoms with E-state index in [0.29, 0.717) is 5.69 Å². The van der Waals surface area contributed by atoms with Crippen LogP contribution in [-0.4, -0.2) is 34.3 Å². The molecular formula is C16H19N3O4. The van der Waals surface area contributed by atoms with Crippen LogP contribution < -0.4 is 10.1 Å². The third-order valence-corrected chi connectivity index (χ3v) is 3.31. The molecule has 7 nitrogen and oxygen atoms in total. The van der Waals surface area contributed by atoms with Gasteiger partial charge in [-0.05, 0) is 18.2 Å². The number of rotatable bonds is 4. The molecule has 3 N–H and O–H groups in total. The van der Waals surface area contributed by atoms with Crippen molar-refractivity contribution in [1.82, 2.24) is 10.2 Å². The van der Waals surface area contributed by atoms with Crippen molar-refractivity contribution in [2.45, 2.75) is 26.2 Å². The molecule has 0 atom stereocenters. The van der Waals surface area contributed by atoms with Gasteiger partial charge in [0.05, 0.1) is 7.11 Å². The number of carboxylic acid groups (broad SMARTS) is 1. The van der Waals surface area contributed by atoms with Crippen molar-refractivity contribution < 1.29 is 19.4 Å². The smallest absolute Gasteiger partial charge is 0.339 e. The maximum atomic E-state index is 12.2. The van der Waals surface area contributed by atoms with Crippen LogP contribution in [0.3, 0.4) is 0 Å². The fourth-order valence-electron chi connectivity index (χ4n) is 1.96. The van der Waals surface area contributed by atoms with Crippen LogP contribution in [-0.2, 0) is 5.41 Å². The lowest BCUT2D eigenvalue weighted by Crippen LogP contribution is -2.13. The number of hydrogen-bond acceptors (Lipinski definition) is 4. The molecule has 0 unspecified atom stereocenters. The van der Waals surface area contributed by atoms with Crippen molar-refractivity contribution >= 4 is 17.6 Å². The molecule has 0 saturated heterocycles. The lowest BCUT2D eigenvalue weighted by molar-refractivity contribution is 0.0693. The number of nitrogens with one attached hydrogen (secondary N) is 2. The molecule has 1 aromatic heterocycles. The Bertz CT molecular complexity index is 744. The minimum absolute atomic E-state index is 0.0280. The van der Waals surface area contributed by atoms with Gasteiger partial charge in [0.25, 0.3) is 5.91 Å². The number of aromatic amines is 1. The summed E-state index contributed by atoms with van der Waals surface area (Å²) < 4.78 is 5.03. The summed E-state index contributed by atoms with van der Waals surface area (Å²) in [5.41, 5.74) is 1.42. The summed E-state index contributed by atoms with van der Waals surface area (Å²) >= 11 is 0. The molecule has 1 heterocycles. The van der Waals surface area contributed by atoms with Crippen LogP contribution in [0.4, 0.5) is 5.69 Å². The maximum absolute atomic E-state index is 12.2. The third-order valence-electron chi connectivity index (χ3n) is 3.31. The number of ether oxygens (including phenoxy) is 1. The lowest BCUT2D eigenvalue weighted by Gasteiger charge is -2.14. The number of amides is 1. The zero-order valence-corrected chi connectivity index (χ0v) is 13.4. The Morgan fingerprint density at radius 1 is 1.26 bits per heavy atom. The Morgan fingerprint density at radius 2 is 1.96 bits per heavy atom. The first kappa shape index (κ1) is 16.5. The Morgan fingerprint density at radius 3 is 2.48 bits per heavy atom. The van der Waals surface area contributed by atoms with E-state index >= 15 is 0 Å². The van der Waals surface area contributed by atoms with E-state index in [-0.39, 0.29) is 28.3 Å². The molecule has 0 spiro atoms. The van der Waals surface area contributed by atoms with Gasteiger partial charge in [0.2, 0.25) is 0 Å². The number of carbonyl (C=O) groups excluding carboxylic acids is 1. The highest BCUT2D eigenvalue weighted by molar-refractivity contribution is 6.03. The average Bonchev–Trinajstić information content (AvgIpc) is 2.96. The van der Waals surface area contributed by atoms with Gasteiger partial charge >= 0.3 is 5.97 Å². The van der Waals surface area contributed by atoms with E-state index in [9.17, 15) is 9.59 Å². The molecular weight excluding hydrogens is 298 g/mol. The molecule has 2 rings (SSSR count). The van der Waals surface area contributed by atoms with Gasteiger partial charge in [-0.1, -0.05) is 20.8 Å². The summed E-state index contributed by atoms with van der Waals surface area (Å²) in [6.45, 7) is 6.03. The van der Waals surface area contributed by atoms with Crippen molar-refractivity contribution in [2.75, 3.05) is 12.4 Å². The van der Waals surface area contributed by atoms with Crippen LogP contribution in [0.5, 0.6) is 5.75 Å². The maximum Gasteiger partial charge on any atom is 0.339 e. The monoisotopic (exact) mass is 317 g/mol. The highest BCUT2D eigenvalue weighted by Gasteiger charge is 2.20. The van der Waals surface area contributed by atoms with Crippen molar-refractivity contribution in [2.24, 2.45) is 0 Å². The van der Waals surface area contributed by atoms with Gasteiger partial charge in [-0.15, -0.1) is 0 Å². The van der Waals surface area contributed by atoms with Crippen LogP contribution in [0, 0.1) is 0 Å². The van der Waals surface area contributed by atoms with Crippen LogP contribution in [0.25, 0.3) is 0 Å². The van der Waals surface area contributed by atoms with Gasteiger partial charge in [0.1, 0.15) is 11.3 Å². The number of benzene rings is 1. The van der Waals surface area contributed by atoms with Gasteiger partial charge in [0.15, 0.2) is 5.69 Å². The number of aromatic nitrogens is 2. The fraction of sp³-hybridized carbons (Fsp3) is 0.312. The SMILES string of the molecule is COc1cc(NC(=O)c2cc(C(C)(C)C)[nH]n2)ccc1C(=O)O. The van der Waals surface area contributed by atoms with Crippen molar-refractivity contribution in [3.8, 4) is 5.75 Å². The van der Waals surface area contributed by atoms with E-state index in [1.54, 1.807) is 6.07 Å². The molecule has 7 heteroatoms. The van der Waals surface area contributed by atoms with Gasteiger partial charge in [-0.2, -0.15) is 5.10 Å². The highest BCUT2D eigenvalue weighted by Crippen LogP contribution is 2.24. The van der Waals surface area contributed by atoms with E-state index in [2.05, 4.69) is 15.5 Å². The van der Waals surface area contributed by atoms with Gasteiger partial charge in [0, 0.05) is 22.9 Å². The van der Waals surface area contributed by atoms with Crippen molar-refractivity contribution in [3.05, 3.63) is 41.2 Å². The topological polar surface area (TPSA) is 104 Å². The number of aromatic carboxylic acids is 1. The summed E-state index contributed by atoms with van der Waals surface area (Å²) in [4.78, 5) is 23.3. The summed E-state index contributed by atoms with van der Waals surface area (Å²) in [7, 11) is 1.37. The molecule has 0 fully saturated rings. The number of methoxy groups -OCH3 is 1. The number of nitrogens with zero attached hydrogens (tertiary/aromatic N) is 1. The Labute approximate surface area is 133 Å². The second-order valence-electron chi connectivity index (χ2n) is 6.09. The van der Waals surface area contributed by atoms with E-state index < -0.39 is 5.97 Å². The largest absolute Gasteiger partial charge is 0.496 e. The van der Waals surface area contributed by atoms with Gasteiger partial charge in [-0.25, -0.2) is 4.79 Å². The van der Waals surface area contributed by atoms with Crippen LogP contribution in [0.15, 0.2) is 24.3 Å². The second-order valence-corrected chi connectivity index (χ2v) is 6.09. The highest BCUT2D eigenvalue weighted by atomic mass is 16.5. The quantitative estimate of drug-likeness (QED) is 0.804. The first-order valence-electron chi connectivity index (χ1n) is 7.01. The van der Waals surface area contributed by atoms with Gasteiger partial charge in [-0.3, -0.25) is 9.89 Å². The number of hydrogen-bond donors (Lipinski definition) is 3. The standard InChI is InChI=1S/C16H19N3O4/c1-16(2,3)13-8-11(18-19-13)14(20)17-9-5-6-10(15(21)22)12(7-9)23-4/h5-8H,1-4H3,(H,17,20)(H,18,19)(H,21,22). The normalized spacial score (nSPS) is 11.1. The fourth-order valence-corrected chi connectivity index (χ4v) is 1.96. The first-order valence-corrected chi connectivity index (χ1v) is 7.01. The summed E-state index contributed by atoms with van der Waals surface area (Å²) in [5, 5.41) is 18.6. The molecule has 2 aromatic rings. The summed E-state index contributed by atoms with van der Waals surface area (Å²) in [5.74, 6) is -1.31. The Kier molecular flexibility index (Phi) is 4.40. The van der Waals surface area contributed by atoms with Crippen LogP contribution in [0.2, 0.25) is 0 Å². The van der Waals surface area contributed by atoms with Crippen LogP contribution >= 0.6 is 0 Å². The van der Waals surface area contributed by atoms with E-state index in [1.165, 1.54) is 25.3 Å². The molecule has 1 amide bonds. The first-order chi connectivity index (χ1) is 10.7. The zero-order chi connectivity index (χ0) is 17.2. The zero-order valence-electron chi connectivity index (χ0n) is 13.4. The van der Waals surface area contributed by atoms with E-state index in [1.807, 2.05) is 20.8 Å². The molecule has 0 aliphatic carbocycles. The molecule has 122 valence electrons. The average molecular weight is 317 g/mol. The van der Waals surface area contributed by atoms with E-state index in [0.717, 1.165) is 5.69 Å². The summed E-state index contributed by atoms with van der Waals surface area (Å²) in [6, 6.07) is 6.03. The molecule has 0 aliphatic heterocycles. The van der Waals surface area contributed by atoms with Crippen LogP contribution in [0.1, 0.15) is 47.3 Å². The van der Waals surface area contributed by atoms with Crippen molar-refractivity contribution in [3.63, 3.8) is 0 Å². The van der Waals surface area contributed by atoms with E-state index in [4.69, 9.17) is 9.84 Å². The molecule has 0 saturated carbocycles. The number of anilines is 1. The molecule has 0 bridgehead atoms. The number of carboxylic acids is 1. The molecule has 0 aliphatic rings. The number of H-pyrrole nitrogens is 1. The second kappa shape index (κ2) is 6.12. The number of carbonyl (C=O) groups is 2. The molecule has 23 heavy (non-hydrogen) atoms. The van der Waals surface area contributed by atoms with Gasteiger partial charge < -0.3 is 15.2 Å². The minimum atomic E-state index is -1.10. The summed E-state index contributed by atoms with van der Waals surface area (Å²) in [6.07, 6.45) is 0. The predicted octanol–water partition coefficient (Wildman–Crippen LogP) is 2.67. The molecule has 0 radical (unpaired) electrons. The lowest BCUT2D eigenvalue weighted by atomic mass is 9.92. The predicted molar refractivity (Wildman–Crippen MR) is 85.2 cm³/mol. The van der Waals surface area contributed by atoms with Crippen molar-refractivity contribution in [1.29, 1.82) is 0 Å². The Hall–Kier alpha value is -2.83. The minimum Gasteiger partial charge on any atom is -0.496 e.